The van der Waals surface area contributed by atoms with Crippen LogP contribution in [0, 0.1) is 11.7 Å². The summed E-state index contributed by atoms with van der Waals surface area (Å²) in [5.41, 5.74) is 0.717. The van der Waals surface area contributed by atoms with Gasteiger partial charge in [0.2, 0.25) is 0 Å². The number of ether oxygens (including phenoxy) is 1. The average Bonchev–Trinajstić information content (AvgIpc) is 2.15. The van der Waals surface area contributed by atoms with E-state index in [4.69, 9.17) is 14.8 Å². The van der Waals surface area contributed by atoms with Gasteiger partial charge >= 0.3 is 7.12 Å². The molecule has 0 unspecified atom stereocenters. The molecule has 0 saturated carbocycles. The van der Waals surface area contributed by atoms with Gasteiger partial charge in [-0.05, 0) is 24.3 Å². The van der Waals surface area contributed by atoms with Gasteiger partial charge in [0.25, 0.3) is 0 Å². The van der Waals surface area contributed by atoms with Crippen molar-refractivity contribution in [2.45, 2.75) is 0 Å². The minimum absolute atomic E-state index is 0.717. The largest absolute Gasteiger partial charge is 0.545 e. The lowest BCUT2D eigenvalue weighted by molar-refractivity contribution is 0.415. The first-order valence-corrected chi connectivity index (χ1v) is 3.74. The maximum atomic E-state index is 8.47. The van der Waals surface area contributed by atoms with Crippen molar-refractivity contribution < 1.29 is 14.8 Å². The van der Waals surface area contributed by atoms with Gasteiger partial charge in [0, 0.05) is 5.56 Å². The van der Waals surface area contributed by atoms with Crippen molar-refractivity contribution in [1.82, 2.24) is 0 Å². The van der Waals surface area contributed by atoms with Crippen LogP contribution in [0.4, 0.5) is 0 Å². The molecule has 0 saturated heterocycles. The van der Waals surface area contributed by atoms with Crippen LogP contribution in [0.5, 0.6) is 5.75 Å². The first-order valence-electron chi connectivity index (χ1n) is 3.74. The quantitative estimate of drug-likeness (QED) is 0.469. The fourth-order valence-corrected chi connectivity index (χ4v) is 0.822. The van der Waals surface area contributed by atoms with Crippen molar-refractivity contribution in [2.75, 3.05) is 7.11 Å². The summed E-state index contributed by atoms with van der Waals surface area (Å²) in [6.07, 6.45) is 0. The van der Waals surface area contributed by atoms with E-state index in [9.17, 15) is 0 Å². The Kier molecular flexibility index (Phi) is 3.38. The molecule has 3 nitrogen and oxygen atoms in total. The zero-order chi connectivity index (χ0) is 9.68. The van der Waals surface area contributed by atoms with Gasteiger partial charge in [0.05, 0.1) is 7.11 Å². The highest BCUT2D eigenvalue weighted by atomic mass is 16.5. The predicted molar refractivity (Wildman–Crippen MR) is 50.1 cm³/mol. The Morgan fingerprint density at radius 1 is 1.23 bits per heavy atom. The Morgan fingerprint density at radius 2 is 1.85 bits per heavy atom. The summed E-state index contributed by atoms with van der Waals surface area (Å²) in [4.78, 5) is 0. The summed E-state index contributed by atoms with van der Waals surface area (Å²) < 4.78 is 4.95. The van der Waals surface area contributed by atoms with E-state index in [-0.39, 0.29) is 0 Å². The molecule has 66 valence electrons. The summed E-state index contributed by atoms with van der Waals surface area (Å²) in [5.74, 6) is 5.55. The van der Waals surface area contributed by atoms with Crippen LogP contribution in [-0.4, -0.2) is 24.3 Å². The maximum Gasteiger partial charge on any atom is 0.545 e. The van der Waals surface area contributed by atoms with Gasteiger partial charge in [0.1, 0.15) is 5.75 Å². The number of hydrogen-bond donors (Lipinski definition) is 2. The van der Waals surface area contributed by atoms with E-state index < -0.39 is 7.12 Å². The molecular weight excluding hydrogens is 167 g/mol. The first kappa shape index (κ1) is 9.65. The third kappa shape index (κ3) is 3.20. The van der Waals surface area contributed by atoms with Gasteiger partial charge in [0.15, 0.2) is 0 Å². The van der Waals surface area contributed by atoms with Crippen molar-refractivity contribution in [3.63, 3.8) is 0 Å². The van der Waals surface area contributed by atoms with Gasteiger partial charge in [-0.15, -0.1) is 0 Å². The molecule has 0 amide bonds. The second-order valence-electron chi connectivity index (χ2n) is 2.37. The van der Waals surface area contributed by atoms with E-state index in [0.717, 1.165) is 5.75 Å². The lowest BCUT2D eigenvalue weighted by atomic mass is 9.93. The molecule has 0 spiro atoms. The molecule has 0 heterocycles. The minimum atomic E-state index is -1.58. The average molecular weight is 176 g/mol. The highest BCUT2D eigenvalue weighted by Gasteiger charge is 1.97. The maximum absolute atomic E-state index is 8.47. The number of benzene rings is 1. The van der Waals surface area contributed by atoms with Crippen LogP contribution in [-0.2, 0) is 0 Å². The van der Waals surface area contributed by atoms with Gasteiger partial charge in [-0.1, -0.05) is 11.7 Å². The van der Waals surface area contributed by atoms with Crippen molar-refractivity contribution >= 4 is 7.12 Å². The van der Waals surface area contributed by atoms with Crippen LogP contribution in [0.2, 0.25) is 0 Å². The minimum Gasteiger partial charge on any atom is -0.497 e. The molecular formula is C9H9BO3. The molecule has 0 aliphatic carbocycles. The zero-order valence-corrected chi connectivity index (χ0v) is 7.19. The van der Waals surface area contributed by atoms with E-state index in [1.165, 1.54) is 0 Å². The molecule has 4 heteroatoms. The molecule has 0 aliphatic heterocycles. The van der Waals surface area contributed by atoms with Crippen LogP contribution in [0.1, 0.15) is 5.56 Å². The summed E-state index contributed by atoms with van der Waals surface area (Å²) in [6.45, 7) is 0. The van der Waals surface area contributed by atoms with Gasteiger partial charge in [-0.25, -0.2) is 0 Å². The van der Waals surface area contributed by atoms with Gasteiger partial charge < -0.3 is 14.8 Å². The van der Waals surface area contributed by atoms with Gasteiger partial charge in [-0.3, -0.25) is 0 Å². The van der Waals surface area contributed by atoms with Crippen molar-refractivity contribution in [3.05, 3.63) is 29.8 Å². The molecule has 0 radical (unpaired) electrons. The Hall–Kier alpha value is -1.44. The molecule has 1 aromatic rings. The topological polar surface area (TPSA) is 49.7 Å². The molecule has 0 aromatic heterocycles. The molecule has 0 fully saturated rings. The summed E-state index contributed by atoms with van der Waals surface area (Å²) in [7, 11) is 0.000123. The highest BCUT2D eigenvalue weighted by molar-refractivity contribution is 6.51. The number of hydrogen-bond acceptors (Lipinski definition) is 3. The molecule has 0 atom stereocenters. The Bertz CT molecular complexity index is 321. The van der Waals surface area contributed by atoms with Crippen LogP contribution in [0.3, 0.4) is 0 Å². The molecule has 13 heavy (non-hydrogen) atoms. The van der Waals surface area contributed by atoms with E-state index >= 15 is 0 Å². The van der Waals surface area contributed by atoms with E-state index in [1.54, 1.807) is 31.4 Å². The van der Waals surface area contributed by atoms with Crippen LogP contribution >= 0.6 is 0 Å². The molecule has 1 aromatic carbocycles. The Labute approximate surface area is 77.1 Å². The van der Waals surface area contributed by atoms with Crippen molar-refractivity contribution in [3.8, 4) is 17.5 Å². The fourth-order valence-electron chi connectivity index (χ4n) is 0.822. The number of rotatable bonds is 1. The number of methoxy groups -OCH3 is 1. The zero-order valence-electron chi connectivity index (χ0n) is 7.19. The molecule has 0 aliphatic rings. The van der Waals surface area contributed by atoms with E-state index in [2.05, 4.69) is 11.7 Å². The first-order chi connectivity index (χ1) is 6.22. The Morgan fingerprint density at radius 3 is 2.31 bits per heavy atom. The Balaban J connectivity index is 2.77. The van der Waals surface area contributed by atoms with Crippen molar-refractivity contribution in [2.24, 2.45) is 0 Å². The lowest BCUT2D eigenvalue weighted by Gasteiger charge is -1.97. The van der Waals surface area contributed by atoms with Gasteiger partial charge in [-0.2, -0.15) is 0 Å². The molecule has 2 N–H and O–H groups in total. The summed E-state index contributed by atoms with van der Waals surface area (Å²) in [5, 5.41) is 16.9. The third-order valence-corrected chi connectivity index (χ3v) is 1.44. The van der Waals surface area contributed by atoms with Crippen LogP contribution in [0.15, 0.2) is 24.3 Å². The van der Waals surface area contributed by atoms with Crippen molar-refractivity contribution in [1.29, 1.82) is 0 Å². The SMILES string of the molecule is COc1ccc(C#CB(O)O)cc1. The molecule has 0 bridgehead atoms. The standard InChI is InChI=1S/C9H9BO3/c1-13-9-4-2-8(3-5-9)6-7-10(11)12/h2-5,11-12H,1H3. The smallest absolute Gasteiger partial charge is 0.497 e. The lowest BCUT2D eigenvalue weighted by Crippen LogP contribution is -2.06. The second-order valence-corrected chi connectivity index (χ2v) is 2.37. The van der Waals surface area contributed by atoms with Crippen LogP contribution in [0.25, 0.3) is 0 Å². The molecule has 1 rings (SSSR count). The fraction of sp³-hybridized carbons (Fsp3) is 0.111. The third-order valence-electron chi connectivity index (χ3n) is 1.44. The van der Waals surface area contributed by atoms with E-state index in [0.29, 0.717) is 5.56 Å². The predicted octanol–water partition coefficient (Wildman–Crippen LogP) is 0.0587. The van der Waals surface area contributed by atoms with E-state index in [1.807, 2.05) is 0 Å². The second kappa shape index (κ2) is 4.56. The highest BCUT2D eigenvalue weighted by Crippen LogP contribution is 2.09. The normalized spacial score (nSPS) is 8.54. The van der Waals surface area contributed by atoms with Crippen LogP contribution < -0.4 is 4.74 Å². The summed E-state index contributed by atoms with van der Waals surface area (Å²) in [6, 6.07) is 7.00. The monoisotopic (exact) mass is 176 g/mol. The summed E-state index contributed by atoms with van der Waals surface area (Å²) >= 11 is 0.